The number of benzene rings is 3. The lowest BCUT2D eigenvalue weighted by Gasteiger charge is -2.12. The summed E-state index contributed by atoms with van der Waals surface area (Å²) in [5, 5.41) is 3.01. The van der Waals surface area contributed by atoms with Crippen molar-refractivity contribution in [3.63, 3.8) is 0 Å². The van der Waals surface area contributed by atoms with E-state index in [1.807, 2.05) is 30.3 Å². The predicted molar refractivity (Wildman–Crippen MR) is 115 cm³/mol. The number of rotatable bonds is 6. The molecule has 138 valence electrons. The Hall–Kier alpha value is -2.52. The Balaban J connectivity index is 1.58. The first-order valence-corrected chi connectivity index (χ1v) is 10.0. The molecule has 3 rings (SSSR count). The third kappa shape index (κ3) is 5.48. The van der Waals surface area contributed by atoms with E-state index in [4.69, 9.17) is 0 Å². The zero-order valence-electron chi connectivity index (χ0n) is 16.0. The molecule has 1 N–H and O–H groups in total. The van der Waals surface area contributed by atoms with Gasteiger partial charge in [-0.1, -0.05) is 61.2 Å². The van der Waals surface area contributed by atoms with Gasteiger partial charge in [-0.25, -0.2) is 0 Å². The zero-order valence-corrected chi connectivity index (χ0v) is 16.8. The summed E-state index contributed by atoms with van der Waals surface area (Å²) in [6, 6.07) is 24.7. The Bertz CT molecular complexity index is 903. The predicted octanol–water partition coefficient (Wildman–Crippen LogP) is 6.59. The Labute approximate surface area is 166 Å². The number of nitrogens with one attached hydrogen (secondary N) is 1. The minimum atomic E-state index is 0.0429. The molecule has 3 heteroatoms. The first-order valence-electron chi connectivity index (χ1n) is 9.21. The van der Waals surface area contributed by atoms with Crippen LogP contribution in [0.2, 0.25) is 0 Å². The third-order valence-electron chi connectivity index (χ3n) is 4.57. The van der Waals surface area contributed by atoms with Gasteiger partial charge in [0.1, 0.15) is 0 Å². The summed E-state index contributed by atoms with van der Waals surface area (Å²) in [5.74, 6) is 0.242. The Morgan fingerprint density at radius 1 is 0.963 bits per heavy atom. The molecule has 2 nitrogen and oxygen atoms in total. The maximum absolute atomic E-state index is 12.3. The molecule has 0 fully saturated rings. The minimum absolute atomic E-state index is 0.0429. The number of amides is 1. The maximum Gasteiger partial charge on any atom is 0.224 e. The summed E-state index contributed by atoms with van der Waals surface area (Å²) in [6.07, 6.45) is 0.475. The molecule has 0 aliphatic carbocycles. The van der Waals surface area contributed by atoms with Gasteiger partial charge in [0, 0.05) is 21.9 Å². The lowest BCUT2D eigenvalue weighted by molar-refractivity contribution is -0.116. The van der Waals surface area contributed by atoms with Crippen LogP contribution in [-0.4, -0.2) is 5.91 Å². The average molecular weight is 376 g/mol. The Kier molecular flexibility index (Phi) is 6.36. The molecule has 0 aliphatic heterocycles. The van der Waals surface area contributed by atoms with Crippen molar-refractivity contribution in [3.05, 3.63) is 89.5 Å². The molecule has 0 aromatic heterocycles. The van der Waals surface area contributed by atoms with Crippen molar-refractivity contribution in [3.8, 4) is 0 Å². The summed E-state index contributed by atoms with van der Waals surface area (Å²) in [7, 11) is 0. The summed E-state index contributed by atoms with van der Waals surface area (Å²) in [5.41, 5.74) is 4.57. The van der Waals surface area contributed by atoms with Gasteiger partial charge in [-0.2, -0.15) is 0 Å². The zero-order chi connectivity index (χ0) is 19.2. The van der Waals surface area contributed by atoms with E-state index in [0.717, 1.165) is 5.69 Å². The molecule has 0 heterocycles. The first kappa shape index (κ1) is 19.2. The molecule has 3 aromatic carbocycles. The van der Waals surface area contributed by atoms with Crippen molar-refractivity contribution in [2.75, 3.05) is 5.32 Å². The SMILES string of the molecule is Cc1ccc(C)c(Sc2ccc(NC(=O)C[C@H](C)c3ccccc3)cc2)c1. The van der Waals surface area contributed by atoms with Crippen LogP contribution in [0.15, 0.2) is 82.6 Å². The van der Waals surface area contributed by atoms with Crippen molar-refractivity contribution in [1.82, 2.24) is 0 Å². The van der Waals surface area contributed by atoms with Gasteiger partial charge < -0.3 is 5.32 Å². The van der Waals surface area contributed by atoms with Crippen LogP contribution in [0.1, 0.15) is 36.0 Å². The highest BCUT2D eigenvalue weighted by Crippen LogP contribution is 2.31. The largest absolute Gasteiger partial charge is 0.326 e. The molecule has 27 heavy (non-hydrogen) atoms. The van der Waals surface area contributed by atoms with E-state index in [9.17, 15) is 4.79 Å². The van der Waals surface area contributed by atoms with Crippen LogP contribution in [-0.2, 0) is 4.79 Å². The van der Waals surface area contributed by atoms with E-state index in [1.54, 1.807) is 11.8 Å². The van der Waals surface area contributed by atoms with Crippen molar-refractivity contribution < 1.29 is 4.79 Å². The van der Waals surface area contributed by atoms with Gasteiger partial charge in [-0.05, 0) is 66.8 Å². The second-order valence-corrected chi connectivity index (χ2v) is 8.07. The number of hydrogen-bond donors (Lipinski definition) is 1. The van der Waals surface area contributed by atoms with E-state index < -0.39 is 0 Å². The van der Waals surface area contributed by atoms with Crippen LogP contribution < -0.4 is 5.32 Å². The van der Waals surface area contributed by atoms with Gasteiger partial charge in [-0.15, -0.1) is 0 Å². The summed E-state index contributed by atoms with van der Waals surface area (Å²) in [4.78, 5) is 14.8. The highest BCUT2D eigenvalue weighted by molar-refractivity contribution is 7.99. The lowest BCUT2D eigenvalue weighted by atomic mass is 9.97. The summed E-state index contributed by atoms with van der Waals surface area (Å²) >= 11 is 1.75. The number of anilines is 1. The molecule has 0 aliphatic rings. The molecular formula is C24H25NOS. The van der Waals surface area contributed by atoms with Crippen LogP contribution in [0.3, 0.4) is 0 Å². The van der Waals surface area contributed by atoms with Gasteiger partial charge in [0.05, 0.1) is 0 Å². The fourth-order valence-corrected chi connectivity index (χ4v) is 3.94. The van der Waals surface area contributed by atoms with E-state index in [0.29, 0.717) is 6.42 Å². The van der Waals surface area contributed by atoms with Crippen LogP contribution in [0.4, 0.5) is 5.69 Å². The van der Waals surface area contributed by atoms with Crippen LogP contribution in [0, 0.1) is 13.8 Å². The molecule has 0 radical (unpaired) electrons. The molecule has 0 saturated heterocycles. The Morgan fingerprint density at radius 2 is 1.67 bits per heavy atom. The number of carbonyl (C=O) groups is 1. The van der Waals surface area contributed by atoms with Crippen molar-refractivity contribution in [2.45, 2.75) is 42.9 Å². The molecular weight excluding hydrogens is 350 g/mol. The molecule has 1 atom stereocenters. The van der Waals surface area contributed by atoms with Crippen molar-refractivity contribution in [2.24, 2.45) is 0 Å². The van der Waals surface area contributed by atoms with Crippen molar-refractivity contribution >= 4 is 23.4 Å². The normalized spacial score (nSPS) is 11.8. The molecule has 0 unspecified atom stereocenters. The molecule has 3 aromatic rings. The van der Waals surface area contributed by atoms with E-state index in [2.05, 4.69) is 68.6 Å². The van der Waals surface area contributed by atoms with Gasteiger partial charge in [0.15, 0.2) is 0 Å². The standard InChI is InChI=1S/C24H25NOS/c1-17-9-10-18(2)23(15-17)27-22-13-11-21(12-14-22)25-24(26)16-19(3)20-7-5-4-6-8-20/h4-15,19H,16H2,1-3H3,(H,25,26)/t19-/m0/s1. The lowest BCUT2D eigenvalue weighted by Crippen LogP contribution is -2.14. The topological polar surface area (TPSA) is 29.1 Å². The van der Waals surface area contributed by atoms with Gasteiger partial charge >= 0.3 is 0 Å². The van der Waals surface area contributed by atoms with Gasteiger partial charge in [-0.3, -0.25) is 4.79 Å². The van der Waals surface area contributed by atoms with E-state index >= 15 is 0 Å². The van der Waals surface area contributed by atoms with E-state index in [1.165, 1.54) is 26.5 Å². The molecule has 0 bridgehead atoms. The third-order valence-corrected chi connectivity index (χ3v) is 5.74. The molecule has 0 saturated carbocycles. The van der Waals surface area contributed by atoms with Crippen LogP contribution in [0.5, 0.6) is 0 Å². The number of aryl methyl sites for hydroxylation is 2. The summed E-state index contributed by atoms with van der Waals surface area (Å²) < 4.78 is 0. The highest BCUT2D eigenvalue weighted by atomic mass is 32.2. The minimum Gasteiger partial charge on any atom is -0.326 e. The van der Waals surface area contributed by atoms with Crippen LogP contribution >= 0.6 is 11.8 Å². The second kappa shape index (κ2) is 8.92. The van der Waals surface area contributed by atoms with Gasteiger partial charge in [0.25, 0.3) is 0 Å². The average Bonchev–Trinajstić information content (AvgIpc) is 2.67. The fraction of sp³-hybridized carbons (Fsp3) is 0.208. The molecule has 1 amide bonds. The van der Waals surface area contributed by atoms with E-state index in [-0.39, 0.29) is 11.8 Å². The quantitative estimate of drug-likeness (QED) is 0.527. The van der Waals surface area contributed by atoms with Crippen LogP contribution in [0.25, 0.3) is 0 Å². The number of hydrogen-bond acceptors (Lipinski definition) is 2. The monoisotopic (exact) mass is 375 g/mol. The number of carbonyl (C=O) groups excluding carboxylic acids is 1. The Morgan fingerprint density at radius 3 is 2.37 bits per heavy atom. The highest BCUT2D eigenvalue weighted by Gasteiger charge is 2.11. The first-order chi connectivity index (χ1) is 13.0. The maximum atomic E-state index is 12.3. The smallest absolute Gasteiger partial charge is 0.224 e. The molecule has 0 spiro atoms. The fourth-order valence-electron chi connectivity index (χ4n) is 2.94. The van der Waals surface area contributed by atoms with Crippen molar-refractivity contribution in [1.29, 1.82) is 0 Å². The second-order valence-electron chi connectivity index (χ2n) is 6.96. The van der Waals surface area contributed by atoms with Gasteiger partial charge in [0.2, 0.25) is 5.91 Å². The summed E-state index contributed by atoms with van der Waals surface area (Å²) in [6.45, 7) is 6.32.